The Hall–Kier alpha value is -2.71. The quantitative estimate of drug-likeness (QED) is 0.554. The van der Waals surface area contributed by atoms with Crippen LogP contribution in [0.1, 0.15) is 55.4 Å². The molecule has 0 saturated carbocycles. The smallest absolute Gasteiger partial charge is 0.326 e. The van der Waals surface area contributed by atoms with Crippen LogP contribution in [0.5, 0.6) is 0 Å². The lowest BCUT2D eigenvalue weighted by atomic mass is 10.0. The summed E-state index contributed by atoms with van der Waals surface area (Å²) in [6.45, 7) is 9.50. The summed E-state index contributed by atoms with van der Waals surface area (Å²) >= 11 is 1.32. The third kappa shape index (κ3) is 6.40. The van der Waals surface area contributed by atoms with Gasteiger partial charge in [0.1, 0.15) is 11.1 Å². The predicted octanol–water partition coefficient (Wildman–Crippen LogP) is 2.75. The maximum atomic E-state index is 12.4. The van der Waals surface area contributed by atoms with Gasteiger partial charge in [0.15, 0.2) is 0 Å². The van der Waals surface area contributed by atoms with Crippen LogP contribution >= 0.6 is 11.3 Å². The summed E-state index contributed by atoms with van der Waals surface area (Å²) < 4.78 is 5.47. The number of esters is 1. The third-order valence-corrected chi connectivity index (χ3v) is 5.45. The highest BCUT2D eigenvalue weighted by atomic mass is 32.1. The average Bonchev–Trinajstić information content (AvgIpc) is 3.02. The van der Waals surface area contributed by atoms with Crippen LogP contribution in [0.15, 0.2) is 30.3 Å². The number of thiophene rings is 1. The van der Waals surface area contributed by atoms with Crippen LogP contribution in [-0.4, -0.2) is 28.9 Å². The number of carbonyl (C=O) groups excluding carboxylic acids is 3. The first-order valence-corrected chi connectivity index (χ1v) is 10.4. The van der Waals surface area contributed by atoms with Gasteiger partial charge in [0.05, 0.1) is 12.0 Å². The molecule has 0 spiro atoms. The second kappa shape index (κ2) is 8.97. The number of ether oxygens (including phenoxy) is 1. The molecule has 7 nitrogen and oxygen atoms in total. The number of amides is 2. The van der Waals surface area contributed by atoms with Crippen molar-refractivity contribution in [1.82, 2.24) is 5.32 Å². The normalized spacial score (nSPS) is 11.9. The molecule has 0 atom stereocenters. The Bertz CT molecular complexity index is 958. The van der Waals surface area contributed by atoms with Crippen LogP contribution in [0.25, 0.3) is 10.4 Å². The van der Waals surface area contributed by atoms with Crippen LogP contribution in [0.3, 0.4) is 0 Å². The van der Waals surface area contributed by atoms with E-state index in [1.807, 2.05) is 45.0 Å². The summed E-state index contributed by atoms with van der Waals surface area (Å²) in [7, 11) is 0. The Morgan fingerprint density at radius 3 is 2.30 bits per heavy atom. The molecule has 0 aliphatic heterocycles. The molecule has 8 heteroatoms. The van der Waals surface area contributed by atoms with Crippen LogP contribution < -0.4 is 16.8 Å². The van der Waals surface area contributed by atoms with Crippen molar-refractivity contribution in [2.75, 3.05) is 0 Å². The van der Waals surface area contributed by atoms with E-state index >= 15 is 0 Å². The van der Waals surface area contributed by atoms with Crippen molar-refractivity contribution in [2.45, 2.75) is 58.7 Å². The fourth-order valence-corrected chi connectivity index (χ4v) is 3.88. The molecule has 0 saturated heterocycles. The van der Waals surface area contributed by atoms with Gasteiger partial charge in [-0.2, -0.15) is 0 Å². The van der Waals surface area contributed by atoms with E-state index in [0.29, 0.717) is 17.0 Å². The fraction of sp³-hybridized carbons (Fsp3) is 0.409. The maximum absolute atomic E-state index is 12.4. The van der Waals surface area contributed by atoms with Crippen LogP contribution in [0.2, 0.25) is 0 Å². The van der Waals surface area contributed by atoms with Gasteiger partial charge in [0.2, 0.25) is 11.8 Å². The Morgan fingerprint density at radius 1 is 1.07 bits per heavy atom. The van der Waals surface area contributed by atoms with E-state index in [-0.39, 0.29) is 12.4 Å². The molecule has 0 bridgehead atoms. The lowest BCUT2D eigenvalue weighted by Gasteiger charge is -2.29. The van der Waals surface area contributed by atoms with Gasteiger partial charge in [0, 0.05) is 16.3 Å². The molecule has 5 N–H and O–H groups in total. The van der Waals surface area contributed by atoms with E-state index in [0.717, 1.165) is 16.0 Å². The van der Waals surface area contributed by atoms with Crippen LogP contribution in [0.4, 0.5) is 0 Å². The molecule has 0 fully saturated rings. The number of nitrogens with two attached hydrogens (primary N) is 2. The van der Waals surface area contributed by atoms with Crippen molar-refractivity contribution in [2.24, 2.45) is 11.5 Å². The minimum absolute atomic E-state index is 0.0335. The van der Waals surface area contributed by atoms with Crippen molar-refractivity contribution in [3.05, 3.63) is 46.3 Å². The number of hydrogen-bond donors (Lipinski definition) is 3. The summed E-state index contributed by atoms with van der Waals surface area (Å²) in [4.78, 5) is 36.8. The van der Waals surface area contributed by atoms with E-state index in [4.69, 9.17) is 16.2 Å². The van der Waals surface area contributed by atoms with E-state index in [9.17, 15) is 14.4 Å². The van der Waals surface area contributed by atoms with E-state index in [1.165, 1.54) is 11.3 Å². The van der Waals surface area contributed by atoms with Gasteiger partial charge in [-0.05, 0) is 57.9 Å². The first kappa shape index (κ1) is 23.6. The van der Waals surface area contributed by atoms with Gasteiger partial charge in [-0.3, -0.25) is 19.7 Å². The SMILES string of the molecule is CC(C)(C)OC(=O)C(C)(C)NCc1cccc(-c2cc(C(N)=O)c(CC(N)=O)s2)c1. The van der Waals surface area contributed by atoms with Crippen molar-refractivity contribution in [1.29, 1.82) is 0 Å². The van der Waals surface area contributed by atoms with Gasteiger partial charge in [-0.1, -0.05) is 18.2 Å². The molecule has 0 radical (unpaired) electrons. The standard InChI is InChI=1S/C22H29N3O4S/c1-21(2,3)29-20(28)22(4,5)25-12-13-7-6-8-14(9-13)16-10-15(19(24)27)17(30-16)11-18(23)26/h6-10,25H,11-12H2,1-5H3,(H2,23,26)(H2,24,27). The van der Waals surface area contributed by atoms with E-state index in [2.05, 4.69) is 5.32 Å². The Kier molecular flexibility index (Phi) is 7.05. The zero-order valence-electron chi connectivity index (χ0n) is 18.0. The first-order chi connectivity index (χ1) is 13.8. The summed E-state index contributed by atoms with van der Waals surface area (Å²) in [6.07, 6.45) is -0.0335. The molecule has 30 heavy (non-hydrogen) atoms. The highest BCUT2D eigenvalue weighted by molar-refractivity contribution is 7.16. The lowest BCUT2D eigenvalue weighted by molar-refractivity contribution is -0.161. The minimum atomic E-state index is -0.861. The number of rotatable bonds is 8. The molecule has 0 unspecified atom stereocenters. The average molecular weight is 432 g/mol. The largest absolute Gasteiger partial charge is 0.459 e. The van der Waals surface area contributed by atoms with Gasteiger partial charge in [-0.25, -0.2) is 0 Å². The maximum Gasteiger partial charge on any atom is 0.326 e. The van der Waals surface area contributed by atoms with Gasteiger partial charge in [-0.15, -0.1) is 11.3 Å². The Morgan fingerprint density at radius 2 is 1.73 bits per heavy atom. The second-order valence-electron chi connectivity index (χ2n) is 8.64. The Labute approximate surface area is 180 Å². The van der Waals surface area contributed by atoms with E-state index in [1.54, 1.807) is 19.9 Å². The zero-order valence-corrected chi connectivity index (χ0v) is 18.8. The fourth-order valence-electron chi connectivity index (χ4n) is 2.70. The summed E-state index contributed by atoms with van der Waals surface area (Å²) in [5, 5.41) is 3.23. The Balaban J connectivity index is 2.20. The van der Waals surface area contributed by atoms with Crippen LogP contribution in [-0.2, 0) is 27.3 Å². The molecule has 1 heterocycles. The molecule has 2 amide bonds. The highest BCUT2D eigenvalue weighted by Crippen LogP contribution is 2.32. The molecule has 1 aromatic carbocycles. The molecule has 162 valence electrons. The molecule has 0 aliphatic carbocycles. The number of benzene rings is 1. The molecule has 2 aromatic rings. The monoisotopic (exact) mass is 431 g/mol. The number of nitrogens with one attached hydrogen (secondary N) is 1. The molecular weight excluding hydrogens is 402 g/mol. The molecule has 2 rings (SSSR count). The van der Waals surface area contributed by atoms with Gasteiger partial charge in [0.25, 0.3) is 0 Å². The summed E-state index contributed by atoms with van der Waals surface area (Å²) in [6, 6.07) is 9.39. The minimum Gasteiger partial charge on any atom is -0.459 e. The highest BCUT2D eigenvalue weighted by Gasteiger charge is 2.32. The van der Waals surface area contributed by atoms with Crippen LogP contribution in [0, 0.1) is 0 Å². The molecular formula is C22H29N3O4S. The van der Waals surface area contributed by atoms with Crippen molar-refractivity contribution in [3.63, 3.8) is 0 Å². The van der Waals surface area contributed by atoms with Crippen molar-refractivity contribution >= 4 is 29.1 Å². The van der Waals surface area contributed by atoms with Gasteiger partial charge < -0.3 is 16.2 Å². The molecule has 1 aromatic heterocycles. The molecule has 0 aliphatic rings. The van der Waals surface area contributed by atoms with Gasteiger partial charge >= 0.3 is 5.97 Å². The zero-order chi connectivity index (χ0) is 22.7. The topological polar surface area (TPSA) is 125 Å². The van der Waals surface area contributed by atoms with Crippen molar-refractivity contribution in [3.8, 4) is 10.4 Å². The number of hydrogen-bond acceptors (Lipinski definition) is 6. The first-order valence-electron chi connectivity index (χ1n) is 9.57. The number of primary amides is 2. The van der Waals surface area contributed by atoms with Crippen molar-refractivity contribution < 1.29 is 19.1 Å². The summed E-state index contributed by atoms with van der Waals surface area (Å²) in [5.41, 5.74) is 11.4. The third-order valence-electron chi connectivity index (χ3n) is 4.26. The second-order valence-corrected chi connectivity index (χ2v) is 9.77. The summed E-state index contributed by atoms with van der Waals surface area (Å²) in [5.74, 6) is -1.44. The number of carbonyl (C=O) groups is 3. The predicted molar refractivity (Wildman–Crippen MR) is 118 cm³/mol. The lowest BCUT2D eigenvalue weighted by Crippen LogP contribution is -2.49. The van der Waals surface area contributed by atoms with E-state index < -0.39 is 23.0 Å².